The van der Waals surface area contributed by atoms with Crippen LogP contribution in [0.15, 0.2) is 12.1 Å². The van der Waals surface area contributed by atoms with E-state index in [1.807, 2.05) is 0 Å². The molecule has 0 saturated heterocycles. The first-order chi connectivity index (χ1) is 9.04. The lowest BCUT2D eigenvalue weighted by molar-refractivity contribution is -0.142. The molecule has 0 N–H and O–H groups in total. The summed E-state index contributed by atoms with van der Waals surface area (Å²) in [6.45, 7) is 1.78. The van der Waals surface area contributed by atoms with Crippen molar-refractivity contribution in [1.82, 2.24) is 0 Å². The fraction of sp³-hybridized carbons (Fsp3) is 0.308. The number of nitriles is 1. The van der Waals surface area contributed by atoms with Crippen molar-refractivity contribution >= 4 is 12.3 Å². The van der Waals surface area contributed by atoms with E-state index in [1.165, 1.54) is 12.1 Å². The zero-order chi connectivity index (χ0) is 14.4. The average Bonchev–Trinajstić information content (AvgIpc) is 2.38. The Kier molecular flexibility index (Phi) is 5.12. The number of hydrogen-bond donors (Lipinski definition) is 0. The summed E-state index contributed by atoms with van der Waals surface area (Å²) in [5.74, 6) is -0.613. The van der Waals surface area contributed by atoms with Gasteiger partial charge in [-0.25, -0.2) is 8.78 Å². The topological polar surface area (TPSA) is 67.2 Å². The van der Waals surface area contributed by atoms with Crippen molar-refractivity contribution < 1.29 is 23.1 Å². The number of rotatable bonds is 5. The molecule has 0 atom stereocenters. The minimum absolute atomic E-state index is 0.127. The summed E-state index contributed by atoms with van der Waals surface area (Å²) in [5, 5.41) is 8.96. The number of ether oxygens (including phenoxy) is 1. The van der Waals surface area contributed by atoms with Crippen molar-refractivity contribution in [3.05, 3.63) is 34.4 Å². The Balaban J connectivity index is 3.28. The molecule has 6 heteroatoms. The third kappa shape index (κ3) is 3.35. The van der Waals surface area contributed by atoms with Gasteiger partial charge in [0.15, 0.2) is 6.29 Å². The van der Waals surface area contributed by atoms with Crippen LogP contribution in [0.25, 0.3) is 0 Å². The van der Waals surface area contributed by atoms with E-state index >= 15 is 0 Å². The summed E-state index contributed by atoms with van der Waals surface area (Å²) in [6.07, 6.45) is -2.98. The van der Waals surface area contributed by atoms with Gasteiger partial charge in [-0.15, -0.1) is 0 Å². The number of hydrogen-bond acceptors (Lipinski definition) is 4. The van der Waals surface area contributed by atoms with Gasteiger partial charge in [-0.3, -0.25) is 9.59 Å². The smallest absolute Gasteiger partial charge is 0.310 e. The van der Waals surface area contributed by atoms with E-state index < -0.39 is 18.0 Å². The summed E-state index contributed by atoms with van der Waals surface area (Å²) in [6, 6.07) is 4.10. The predicted molar refractivity (Wildman–Crippen MR) is 61.8 cm³/mol. The van der Waals surface area contributed by atoms with Crippen LogP contribution in [0.5, 0.6) is 0 Å². The van der Waals surface area contributed by atoms with Crippen molar-refractivity contribution in [2.24, 2.45) is 0 Å². The molecule has 0 heterocycles. The van der Waals surface area contributed by atoms with Gasteiger partial charge in [0.2, 0.25) is 0 Å². The van der Waals surface area contributed by atoms with Gasteiger partial charge in [0.25, 0.3) is 6.43 Å². The minimum Gasteiger partial charge on any atom is -0.466 e. The third-order valence-electron chi connectivity index (χ3n) is 2.46. The zero-order valence-corrected chi connectivity index (χ0v) is 10.2. The highest BCUT2D eigenvalue weighted by Gasteiger charge is 2.22. The molecule has 19 heavy (non-hydrogen) atoms. The maximum Gasteiger partial charge on any atom is 0.310 e. The third-order valence-corrected chi connectivity index (χ3v) is 2.46. The molecular formula is C13H11F2NO3. The molecular weight excluding hydrogens is 256 g/mol. The van der Waals surface area contributed by atoms with Crippen molar-refractivity contribution in [1.29, 1.82) is 5.26 Å². The van der Waals surface area contributed by atoms with E-state index in [0.717, 1.165) is 0 Å². The van der Waals surface area contributed by atoms with Gasteiger partial charge in [0.1, 0.15) is 0 Å². The molecule has 0 saturated carbocycles. The van der Waals surface area contributed by atoms with Crippen LogP contribution in [-0.4, -0.2) is 18.9 Å². The molecule has 1 aromatic carbocycles. The molecule has 1 aromatic rings. The molecule has 0 radical (unpaired) electrons. The SMILES string of the molecule is CCOC(=O)Cc1ccc(C=O)c(C(F)F)c1C#N. The molecule has 0 fully saturated rings. The Morgan fingerprint density at radius 2 is 2.21 bits per heavy atom. The number of alkyl halides is 2. The number of carbonyl (C=O) groups is 2. The van der Waals surface area contributed by atoms with Gasteiger partial charge in [0.05, 0.1) is 24.7 Å². The molecule has 0 aliphatic rings. The number of halogens is 2. The van der Waals surface area contributed by atoms with Crippen LogP contribution < -0.4 is 0 Å². The maximum absolute atomic E-state index is 12.9. The van der Waals surface area contributed by atoms with Crippen LogP contribution in [0.1, 0.15) is 40.4 Å². The molecule has 0 amide bonds. The second-order valence-electron chi connectivity index (χ2n) is 3.61. The number of aldehydes is 1. The molecule has 0 bridgehead atoms. The molecule has 4 nitrogen and oxygen atoms in total. The number of carbonyl (C=O) groups excluding carboxylic acids is 2. The van der Waals surface area contributed by atoms with Gasteiger partial charge >= 0.3 is 5.97 Å². The van der Waals surface area contributed by atoms with Gasteiger partial charge in [0, 0.05) is 11.1 Å². The Hall–Kier alpha value is -2.29. The highest BCUT2D eigenvalue weighted by Crippen LogP contribution is 2.28. The van der Waals surface area contributed by atoms with Crippen LogP contribution in [-0.2, 0) is 16.0 Å². The van der Waals surface area contributed by atoms with E-state index in [1.54, 1.807) is 13.0 Å². The first-order valence-corrected chi connectivity index (χ1v) is 5.49. The highest BCUT2D eigenvalue weighted by atomic mass is 19.3. The van der Waals surface area contributed by atoms with Crippen LogP contribution in [0.3, 0.4) is 0 Å². The highest BCUT2D eigenvalue weighted by molar-refractivity contribution is 5.81. The second-order valence-corrected chi connectivity index (χ2v) is 3.61. The molecule has 0 unspecified atom stereocenters. The Morgan fingerprint density at radius 1 is 1.53 bits per heavy atom. The molecule has 1 rings (SSSR count). The zero-order valence-electron chi connectivity index (χ0n) is 10.2. The summed E-state index contributed by atoms with van der Waals surface area (Å²) < 4.78 is 30.5. The maximum atomic E-state index is 12.9. The first kappa shape index (κ1) is 14.8. The Bertz CT molecular complexity index is 535. The van der Waals surface area contributed by atoms with E-state index in [0.29, 0.717) is 0 Å². The molecule has 0 aliphatic carbocycles. The minimum atomic E-state index is -2.96. The fourth-order valence-corrected chi connectivity index (χ4v) is 1.67. The molecule has 0 aromatic heterocycles. The lowest BCUT2D eigenvalue weighted by atomic mass is 9.95. The summed E-state index contributed by atoms with van der Waals surface area (Å²) >= 11 is 0. The quantitative estimate of drug-likeness (QED) is 0.607. The standard InChI is InChI=1S/C13H11F2NO3/c1-2-19-11(18)5-8-3-4-9(7-17)12(13(14)15)10(8)6-16/h3-4,7,13H,2,5H2,1H3. The predicted octanol–water partition coefficient (Wildman–Crippen LogP) is 2.41. The van der Waals surface area contributed by atoms with Crippen LogP contribution in [0.4, 0.5) is 8.78 Å². The van der Waals surface area contributed by atoms with E-state index in [4.69, 9.17) is 10.00 Å². The van der Waals surface area contributed by atoms with Crippen molar-refractivity contribution in [3.63, 3.8) is 0 Å². The van der Waals surface area contributed by atoms with E-state index in [9.17, 15) is 18.4 Å². The number of benzene rings is 1. The summed E-state index contributed by atoms with van der Waals surface area (Å²) in [4.78, 5) is 22.0. The van der Waals surface area contributed by atoms with Gasteiger partial charge in [-0.2, -0.15) is 5.26 Å². The second kappa shape index (κ2) is 6.59. The molecule has 0 aliphatic heterocycles. The van der Waals surface area contributed by atoms with Gasteiger partial charge in [-0.1, -0.05) is 12.1 Å². The fourth-order valence-electron chi connectivity index (χ4n) is 1.67. The Morgan fingerprint density at radius 3 is 2.68 bits per heavy atom. The molecule has 100 valence electrons. The lowest BCUT2D eigenvalue weighted by Crippen LogP contribution is -2.11. The van der Waals surface area contributed by atoms with Crippen LogP contribution in [0.2, 0.25) is 0 Å². The van der Waals surface area contributed by atoms with Crippen molar-refractivity contribution in [2.75, 3.05) is 6.61 Å². The largest absolute Gasteiger partial charge is 0.466 e. The van der Waals surface area contributed by atoms with Gasteiger partial charge in [-0.05, 0) is 12.5 Å². The van der Waals surface area contributed by atoms with Crippen LogP contribution in [0, 0.1) is 11.3 Å². The average molecular weight is 267 g/mol. The first-order valence-electron chi connectivity index (χ1n) is 5.49. The number of nitrogens with zero attached hydrogens (tertiary/aromatic N) is 1. The normalized spacial score (nSPS) is 10.1. The van der Waals surface area contributed by atoms with Crippen molar-refractivity contribution in [3.8, 4) is 6.07 Å². The van der Waals surface area contributed by atoms with Crippen LogP contribution >= 0.6 is 0 Å². The van der Waals surface area contributed by atoms with Crippen molar-refractivity contribution in [2.45, 2.75) is 19.8 Å². The molecule has 0 spiro atoms. The van der Waals surface area contributed by atoms with E-state index in [2.05, 4.69) is 0 Å². The lowest BCUT2D eigenvalue weighted by Gasteiger charge is -2.10. The Labute approximate surface area is 108 Å². The summed E-state index contributed by atoms with van der Waals surface area (Å²) in [7, 11) is 0. The van der Waals surface area contributed by atoms with E-state index in [-0.39, 0.29) is 36.0 Å². The number of esters is 1. The van der Waals surface area contributed by atoms with Gasteiger partial charge < -0.3 is 4.74 Å². The monoisotopic (exact) mass is 267 g/mol. The summed E-state index contributed by atoms with van der Waals surface area (Å²) in [5.41, 5.74) is -1.10.